The molecule has 0 N–H and O–H groups in total. The van der Waals surface area contributed by atoms with E-state index in [2.05, 4.69) is 93.5 Å². The van der Waals surface area contributed by atoms with Gasteiger partial charge in [-0.2, -0.15) is 0 Å². The van der Waals surface area contributed by atoms with Gasteiger partial charge in [0.15, 0.2) is 6.29 Å². The van der Waals surface area contributed by atoms with Crippen LogP contribution in [0.5, 0.6) is 5.75 Å². The quantitative estimate of drug-likeness (QED) is 0.198. The maximum absolute atomic E-state index is 6.48. The van der Waals surface area contributed by atoms with Crippen molar-refractivity contribution in [3.63, 3.8) is 0 Å². The molecular formula is C33H58O3. The van der Waals surface area contributed by atoms with E-state index in [1.54, 1.807) is 0 Å². The average Bonchev–Trinajstić information content (AvgIpc) is 2.78. The summed E-state index contributed by atoms with van der Waals surface area (Å²) in [7, 11) is 0. The first-order chi connectivity index (χ1) is 16.8. The van der Waals surface area contributed by atoms with Crippen LogP contribution in [0.1, 0.15) is 126 Å². The first-order valence-electron chi connectivity index (χ1n) is 14.8. The van der Waals surface area contributed by atoms with Crippen LogP contribution in [-0.2, 0) is 9.47 Å². The Morgan fingerprint density at radius 2 is 1.39 bits per heavy atom. The lowest BCUT2D eigenvalue weighted by atomic mass is 9.69. The zero-order valence-corrected chi connectivity index (χ0v) is 25.4. The van der Waals surface area contributed by atoms with Gasteiger partial charge in [0.05, 0.1) is 19.3 Å². The summed E-state index contributed by atoms with van der Waals surface area (Å²) in [5.74, 6) is 3.12. The fourth-order valence-electron chi connectivity index (χ4n) is 5.78. The van der Waals surface area contributed by atoms with Gasteiger partial charge >= 0.3 is 0 Å². The van der Waals surface area contributed by atoms with Gasteiger partial charge in [0, 0.05) is 6.42 Å². The van der Waals surface area contributed by atoms with Crippen LogP contribution in [0.2, 0.25) is 0 Å². The maximum Gasteiger partial charge on any atom is 0.200 e. The summed E-state index contributed by atoms with van der Waals surface area (Å²) in [5, 5.41) is 0. The number of benzene rings is 1. The van der Waals surface area contributed by atoms with Crippen molar-refractivity contribution in [3.05, 3.63) is 29.8 Å². The van der Waals surface area contributed by atoms with Crippen molar-refractivity contribution < 1.29 is 14.2 Å². The molecule has 0 heterocycles. The lowest BCUT2D eigenvalue weighted by molar-refractivity contribution is -0.118. The fraction of sp³-hybridized carbons (Fsp3) is 0.818. The Hall–Kier alpha value is -1.06. The molecule has 0 aromatic heterocycles. The van der Waals surface area contributed by atoms with Crippen LogP contribution < -0.4 is 4.74 Å². The molecule has 1 fully saturated rings. The van der Waals surface area contributed by atoms with Crippen LogP contribution in [0.15, 0.2) is 24.3 Å². The monoisotopic (exact) mass is 502 g/mol. The van der Waals surface area contributed by atoms with Crippen LogP contribution in [-0.4, -0.2) is 25.6 Å². The highest BCUT2D eigenvalue weighted by molar-refractivity contribution is 5.30. The van der Waals surface area contributed by atoms with E-state index in [-0.39, 0.29) is 17.1 Å². The second-order valence-electron chi connectivity index (χ2n) is 14.2. The lowest BCUT2D eigenvalue weighted by Gasteiger charge is -2.36. The van der Waals surface area contributed by atoms with Crippen LogP contribution in [0.3, 0.4) is 0 Å². The SMILES string of the molecule is CC(C)C(CC(OCCOC1CCCCC1)Oc1ccc(C(CC(C)(C)C)C(C)(C)C)cc1)C(C)C. The molecule has 208 valence electrons. The van der Waals surface area contributed by atoms with E-state index in [1.165, 1.54) is 37.7 Å². The van der Waals surface area contributed by atoms with Crippen molar-refractivity contribution in [3.8, 4) is 5.75 Å². The lowest BCUT2D eigenvalue weighted by Crippen LogP contribution is -2.30. The Kier molecular flexibility index (Phi) is 12.3. The number of rotatable bonds is 13. The van der Waals surface area contributed by atoms with Crippen molar-refractivity contribution in [2.24, 2.45) is 28.6 Å². The molecule has 0 aliphatic heterocycles. The highest BCUT2D eigenvalue weighted by Gasteiger charge is 2.30. The van der Waals surface area contributed by atoms with Gasteiger partial charge in [-0.15, -0.1) is 0 Å². The summed E-state index contributed by atoms with van der Waals surface area (Å²) in [6.45, 7) is 24.5. The summed E-state index contributed by atoms with van der Waals surface area (Å²) >= 11 is 0. The van der Waals surface area contributed by atoms with Crippen LogP contribution in [0.4, 0.5) is 0 Å². The molecule has 0 radical (unpaired) electrons. The first-order valence-corrected chi connectivity index (χ1v) is 14.8. The van der Waals surface area contributed by atoms with Gasteiger partial charge in [-0.25, -0.2) is 0 Å². The van der Waals surface area contributed by atoms with E-state index < -0.39 is 0 Å². The predicted octanol–water partition coefficient (Wildman–Crippen LogP) is 9.64. The summed E-state index contributed by atoms with van der Waals surface area (Å²) in [5.41, 5.74) is 1.89. The Labute approximate surface area is 224 Å². The molecule has 2 unspecified atom stereocenters. The third-order valence-electron chi connectivity index (χ3n) is 7.88. The van der Waals surface area contributed by atoms with Crippen molar-refractivity contribution in [2.45, 2.75) is 132 Å². The van der Waals surface area contributed by atoms with E-state index in [0.29, 0.717) is 43.0 Å². The zero-order chi connectivity index (χ0) is 26.9. The van der Waals surface area contributed by atoms with Gasteiger partial charge in [-0.1, -0.05) is 101 Å². The predicted molar refractivity (Wildman–Crippen MR) is 154 cm³/mol. The molecule has 2 atom stereocenters. The largest absolute Gasteiger partial charge is 0.465 e. The Morgan fingerprint density at radius 1 is 0.806 bits per heavy atom. The Morgan fingerprint density at radius 3 is 1.89 bits per heavy atom. The first kappa shape index (κ1) is 31.2. The minimum atomic E-state index is -0.256. The second-order valence-corrected chi connectivity index (χ2v) is 14.2. The molecule has 0 spiro atoms. The molecular weight excluding hydrogens is 444 g/mol. The third kappa shape index (κ3) is 11.1. The van der Waals surface area contributed by atoms with E-state index >= 15 is 0 Å². The van der Waals surface area contributed by atoms with E-state index in [1.807, 2.05) is 0 Å². The molecule has 3 nitrogen and oxygen atoms in total. The average molecular weight is 503 g/mol. The number of hydrogen-bond acceptors (Lipinski definition) is 3. The van der Waals surface area contributed by atoms with Gasteiger partial charge in [0.1, 0.15) is 5.75 Å². The molecule has 1 aliphatic rings. The molecule has 0 amide bonds. The molecule has 1 saturated carbocycles. The van der Waals surface area contributed by atoms with E-state index in [4.69, 9.17) is 14.2 Å². The molecule has 0 saturated heterocycles. The van der Waals surface area contributed by atoms with Crippen molar-refractivity contribution in [1.29, 1.82) is 0 Å². The normalized spacial score (nSPS) is 17.7. The van der Waals surface area contributed by atoms with Crippen LogP contribution in [0, 0.1) is 28.6 Å². The fourth-order valence-corrected chi connectivity index (χ4v) is 5.78. The van der Waals surface area contributed by atoms with Crippen LogP contribution >= 0.6 is 0 Å². The van der Waals surface area contributed by atoms with Crippen molar-refractivity contribution >= 4 is 0 Å². The Balaban J connectivity index is 2.07. The highest BCUT2D eigenvalue weighted by atomic mass is 16.7. The van der Waals surface area contributed by atoms with Gasteiger partial charge < -0.3 is 14.2 Å². The maximum atomic E-state index is 6.48. The van der Waals surface area contributed by atoms with Gasteiger partial charge in [0.2, 0.25) is 0 Å². The summed E-state index contributed by atoms with van der Waals surface area (Å²) < 4.78 is 18.9. The molecule has 3 heteroatoms. The third-order valence-corrected chi connectivity index (χ3v) is 7.88. The van der Waals surface area contributed by atoms with Crippen LogP contribution in [0.25, 0.3) is 0 Å². The van der Waals surface area contributed by atoms with Gasteiger partial charge in [-0.05, 0) is 71.5 Å². The molecule has 1 aromatic rings. The standard InChI is InChI=1S/C33H58O3/c1-24(2)29(25(3)4)22-31(35-21-20-34-27-14-12-11-13-15-27)36-28-18-16-26(17-19-28)30(33(8,9)10)23-32(5,6)7/h16-19,24-25,27,29-31H,11-15,20-23H2,1-10H3. The summed E-state index contributed by atoms with van der Waals surface area (Å²) in [4.78, 5) is 0. The molecule has 36 heavy (non-hydrogen) atoms. The molecule has 1 aliphatic carbocycles. The molecule has 1 aromatic carbocycles. The smallest absolute Gasteiger partial charge is 0.200 e. The number of ether oxygens (including phenoxy) is 3. The van der Waals surface area contributed by atoms with Crippen molar-refractivity contribution in [2.75, 3.05) is 13.2 Å². The van der Waals surface area contributed by atoms with Crippen molar-refractivity contribution in [1.82, 2.24) is 0 Å². The second kappa shape index (κ2) is 14.2. The van der Waals surface area contributed by atoms with Gasteiger partial charge in [-0.3, -0.25) is 0 Å². The number of hydrogen-bond donors (Lipinski definition) is 0. The minimum absolute atomic E-state index is 0.210. The van der Waals surface area contributed by atoms with Gasteiger partial charge in [0.25, 0.3) is 0 Å². The summed E-state index contributed by atoms with van der Waals surface area (Å²) in [6, 6.07) is 8.82. The molecule has 0 bridgehead atoms. The highest BCUT2D eigenvalue weighted by Crippen LogP contribution is 2.43. The summed E-state index contributed by atoms with van der Waals surface area (Å²) in [6.07, 6.45) is 8.55. The van der Waals surface area contributed by atoms with E-state index in [9.17, 15) is 0 Å². The molecule has 2 rings (SSSR count). The zero-order valence-electron chi connectivity index (χ0n) is 25.4. The topological polar surface area (TPSA) is 27.7 Å². The van der Waals surface area contributed by atoms with E-state index in [0.717, 1.165) is 18.6 Å². The minimum Gasteiger partial charge on any atom is -0.465 e. The Bertz CT molecular complexity index is 709.